The number of hydrogen-bond acceptors (Lipinski definition) is 2. The van der Waals surface area contributed by atoms with Gasteiger partial charge in [0.05, 0.1) is 6.10 Å². The first-order valence-corrected chi connectivity index (χ1v) is 5.76. The van der Waals surface area contributed by atoms with Crippen LogP contribution < -0.4 is 0 Å². The summed E-state index contributed by atoms with van der Waals surface area (Å²) in [7, 11) is 0. The molecular weight excluding hydrogens is 186 g/mol. The molecule has 1 N–H and O–H groups in total. The lowest BCUT2D eigenvalue weighted by molar-refractivity contribution is 0.141. The maximum absolute atomic E-state index is 9.36. The molecule has 0 bridgehead atoms. The minimum absolute atomic E-state index is 0.345. The van der Waals surface area contributed by atoms with Gasteiger partial charge in [-0.25, -0.2) is 0 Å². The van der Waals surface area contributed by atoms with E-state index in [1.54, 1.807) is 0 Å². The summed E-state index contributed by atoms with van der Waals surface area (Å²) in [6.45, 7) is 5.28. The predicted molar refractivity (Wildman–Crippen MR) is 56.2 cm³/mol. The number of nitrogens with zero attached hydrogens (tertiary/aromatic N) is 1. The summed E-state index contributed by atoms with van der Waals surface area (Å²) < 4.78 is 0. The lowest BCUT2D eigenvalue weighted by atomic mass is 10.0. The van der Waals surface area contributed by atoms with Crippen LogP contribution in [0.15, 0.2) is 0 Å². The van der Waals surface area contributed by atoms with Crippen molar-refractivity contribution in [1.29, 1.82) is 0 Å². The molecule has 0 aromatic heterocycles. The lowest BCUT2D eigenvalue weighted by Gasteiger charge is -2.18. The summed E-state index contributed by atoms with van der Waals surface area (Å²) in [5.74, 6) is 1.21. The quantitative estimate of drug-likeness (QED) is 0.691. The highest BCUT2D eigenvalue weighted by Gasteiger charge is 2.22. The molecule has 78 valence electrons. The number of likely N-dealkylation sites (tertiary alicyclic amines) is 1. The van der Waals surface area contributed by atoms with Gasteiger partial charge >= 0.3 is 0 Å². The van der Waals surface area contributed by atoms with Crippen molar-refractivity contribution in [3.63, 3.8) is 0 Å². The third kappa shape index (κ3) is 3.84. The molecule has 1 rings (SSSR count). The summed E-state index contributed by atoms with van der Waals surface area (Å²) >= 11 is 5.55. The van der Waals surface area contributed by atoms with E-state index < -0.39 is 0 Å². The maximum Gasteiger partial charge on any atom is 0.0802 e. The van der Waals surface area contributed by atoms with Crippen LogP contribution >= 0.6 is 11.6 Å². The molecular formula is C10H20ClNO. The van der Waals surface area contributed by atoms with E-state index >= 15 is 0 Å². The Morgan fingerprint density at radius 1 is 1.62 bits per heavy atom. The van der Waals surface area contributed by atoms with E-state index in [-0.39, 0.29) is 6.10 Å². The number of halogens is 1. The van der Waals surface area contributed by atoms with Gasteiger partial charge in [-0.15, -0.1) is 11.6 Å². The third-order valence-corrected chi connectivity index (χ3v) is 3.07. The molecule has 2 atom stereocenters. The van der Waals surface area contributed by atoms with Gasteiger partial charge in [-0.2, -0.15) is 0 Å². The monoisotopic (exact) mass is 205 g/mol. The zero-order valence-corrected chi connectivity index (χ0v) is 9.13. The van der Waals surface area contributed by atoms with Gasteiger partial charge in [0.25, 0.3) is 0 Å². The Kier molecular flexibility index (Phi) is 5.07. The van der Waals surface area contributed by atoms with Crippen LogP contribution in [0.3, 0.4) is 0 Å². The highest BCUT2D eigenvalue weighted by atomic mass is 35.5. The Balaban J connectivity index is 2.17. The van der Waals surface area contributed by atoms with E-state index in [1.807, 2.05) is 0 Å². The standard InChI is InChI=1S/C10H20ClNO/c1-2-3-9-4-5-12(7-9)8-10(13)6-11/h9-10,13H,2-8H2,1H3. The molecule has 1 saturated heterocycles. The molecule has 2 nitrogen and oxygen atoms in total. The zero-order valence-electron chi connectivity index (χ0n) is 8.38. The highest BCUT2D eigenvalue weighted by molar-refractivity contribution is 6.18. The van der Waals surface area contributed by atoms with Gasteiger partial charge in [-0.05, 0) is 25.3 Å². The number of aliphatic hydroxyl groups excluding tert-OH is 1. The largest absolute Gasteiger partial charge is 0.391 e. The van der Waals surface area contributed by atoms with Crippen molar-refractivity contribution in [1.82, 2.24) is 4.90 Å². The number of hydrogen-bond donors (Lipinski definition) is 1. The summed E-state index contributed by atoms with van der Waals surface area (Å²) in [6.07, 6.45) is 3.55. The second kappa shape index (κ2) is 5.84. The summed E-state index contributed by atoms with van der Waals surface area (Å²) in [4.78, 5) is 2.33. The van der Waals surface area contributed by atoms with Gasteiger partial charge < -0.3 is 10.0 Å². The molecule has 0 radical (unpaired) electrons. The van der Waals surface area contributed by atoms with E-state index in [0.717, 1.165) is 25.6 Å². The summed E-state index contributed by atoms with van der Waals surface area (Å²) in [5.41, 5.74) is 0. The molecule has 1 heterocycles. The number of β-amino-alcohol motifs (C(OH)–C–C–N with tert-alkyl or cyclic N) is 1. The fraction of sp³-hybridized carbons (Fsp3) is 1.00. The molecule has 13 heavy (non-hydrogen) atoms. The van der Waals surface area contributed by atoms with Gasteiger partial charge in [0.15, 0.2) is 0 Å². The normalized spacial score (nSPS) is 26.5. The maximum atomic E-state index is 9.36. The molecule has 3 heteroatoms. The fourth-order valence-electron chi connectivity index (χ4n) is 2.07. The van der Waals surface area contributed by atoms with Crippen molar-refractivity contribution in [2.45, 2.75) is 32.3 Å². The lowest BCUT2D eigenvalue weighted by Crippen LogP contribution is -2.31. The summed E-state index contributed by atoms with van der Waals surface area (Å²) in [5, 5.41) is 9.36. The van der Waals surface area contributed by atoms with Gasteiger partial charge in [0, 0.05) is 19.0 Å². The van der Waals surface area contributed by atoms with Gasteiger partial charge in [0.1, 0.15) is 0 Å². The first kappa shape index (κ1) is 11.3. The van der Waals surface area contributed by atoms with Gasteiger partial charge in [-0.1, -0.05) is 13.3 Å². The molecule has 1 fully saturated rings. The molecule has 1 aliphatic heterocycles. The molecule has 0 saturated carbocycles. The van der Waals surface area contributed by atoms with E-state index in [4.69, 9.17) is 11.6 Å². The smallest absolute Gasteiger partial charge is 0.0802 e. The Hall–Kier alpha value is 0.210. The van der Waals surface area contributed by atoms with Crippen LogP contribution in [-0.4, -0.2) is 41.6 Å². The topological polar surface area (TPSA) is 23.5 Å². The van der Waals surface area contributed by atoms with Crippen LogP contribution in [0.2, 0.25) is 0 Å². The molecule has 0 aromatic rings. The molecule has 0 aliphatic carbocycles. The van der Waals surface area contributed by atoms with Crippen molar-refractivity contribution in [3.8, 4) is 0 Å². The minimum atomic E-state index is -0.345. The average molecular weight is 206 g/mol. The molecule has 2 unspecified atom stereocenters. The molecule has 1 aliphatic rings. The fourth-order valence-corrected chi connectivity index (χ4v) is 2.17. The second-order valence-electron chi connectivity index (χ2n) is 4.01. The molecule has 0 spiro atoms. The van der Waals surface area contributed by atoms with Crippen molar-refractivity contribution in [3.05, 3.63) is 0 Å². The molecule has 0 amide bonds. The van der Waals surface area contributed by atoms with Crippen molar-refractivity contribution in [2.24, 2.45) is 5.92 Å². The molecule has 0 aromatic carbocycles. The zero-order chi connectivity index (χ0) is 9.68. The van der Waals surface area contributed by atoms with Crippen LogP contribution in [-0.2, 0) is 0 Å². The Morgan fingerprint density at radius 3 is 3.00 bits per heavy atom. The summed E-state index contributed by atoms with van der Waals surface area (Å²) in [6, 6.07) is 0. The first-order valence-electron chi connectivity index (χ1n) is 5.22. The van der Waals surface area contributed by atoms with Crippen LogP contribution in [0.25, 0.3) is 0 Å². The second-order valence-corrected chi connectivity index (χ2v) is 4.32. The van der Waals surface area contributed by atoms with Crippen LogP contribution in [0, 0.1) is 5.92 Å². The third-order valence-electron chi connectivity index (χ3n) is 2.71. The van der Waals surface area contributed by atoms with Crippen molar-refractivity contribution in [2.75, 3.05) is 25.5 Å². The number of rotatable bonds is 5. The average Bonchev–Trinajstić information content (AvgIpc) is 2.53. The van der Waals surface area contributed by atoms with E-state index in [9.17, 15) is 5.11 Å². The van der Waals surface area contributed by atoms with E-state index in [2.05, 4.69) is 11.8 Å². The Bertz CT molecular complexity index is 143. The van der Waals surface area contributed by atoms with Gasteiger partial charge in [-0.3, -0.25) is 0 Å². The Morgan fingerprint density at radius 2 is 2.38 bits per heavy atom. The van der Waals surface area contributed by atoms with Gasteiger partial charge in [0.2, 0.25) is 0 Å². The van der Waals surface area contributed by atoms with Crippen LogP contribution in [0.4, 0.5) is 0 Å². The Labute approximate surface area is 85.9 Å². The predicted octanol–water partition coefficient (Wildman–Crippen LogP) is 1.71. The number of alkyl halides is 1. The first-order chi connectivity index (χ1) is 6.26. The van der Waals surface area contributed by atoms with E-state index in [0.29, 0.717) is 5.88 Å². The SMILES string of the molecule is CCCC1CCN(CC(O)CCl)C1. The minimum Gasteiger partial charge on any atom is -0.391 e. The van der Waals surface area contributed by atoms with E-state index in [1.165, 1.54) is 19.3 Å². The van der Waals surface area contributed by atoms with Crippen LogP contribution in [0.1, 0.15) is 26.2 Å². The van der Waals surface area contributed by atoms with Crippen molar-refractivity contribution >= 4 is 11.6 Å². The van der Waals surface area contributed by atoms with Crippen molar-refractivity contribution < 1.29 is 5.11 Å². The van der Waals surface area contributed by atoms with Crippen LogP contribution in [0.5, 0.6) is 0 Å². The number of aliphatic hydroxyl groups is 1. The highest BCUT2D eigenvalue weighted by Crippen LogP contribution is 2.20.